The molecule has 210 valence electrons. The Kier molecular flexibility index (Phi) is 11.7. The van der Waals surface area contributed by atoms with Crippen LogP contribution in [-0.4, -0.2) is 34.8 Å². The summed E-state index contributed by atoms with van der Waals surface area (Å²) in [5.74, 6) is 0.144. The SMILES string of the molecule is CCO[Si](CC(CP)C(c1ccccc1)(c1ccccc1)P(c1ccccc1)c1ccccc1)(OCC)OCC. The molecule has 4 rings (SSSR count). The molecule has 0 bridgehead atoms. The average molecular weight is 589 g/mol. The summed E-state index contributed by atoms with van der Waals surface area (Å²) in [5, 5.41) is 2.30. The van der Waals surface area contributed by atoms with Gasteiger partial charge in [-0.3, -0.25) is 0 Å². The fourth-order valence-electron chi connectivity index (χ4n) is 5.84. The van der Waals surface area contributed by atoms with Gasteiger partial charge >= 0.3 is 8.80 Å². The lowest BCUT2D eigenvalue weighted by Crippen LogP contribution is -2.52. The molecular formula is C34H42O3P2Si. The van der Waals surface area contributed by atoms with Gasteiger partial charge in [-0.2, -0.15) is 0 Å². The molecule has 0 amide bonds. The van der Waals surface area contributed by atoms with E-state index in [1.165, 1.54) is 21.7 Å². The predicted molar refractivity (Wildman–Crippen MR) is 176 cm³/mol. The molecule has 0 radical (unpaired) electrons. The minimum Gasteiger partial charge on any atom is -0.374 e. The first-order chi connectivity index (χ1) is 19.6. The Balaban J connectivity index is 2.10. The van der Waals surface area contributed by atoms with Gasteiger partial charge in [-0.05, 0) is 62.5 Å². The summed E-state index contributed by atoms with van der Waals surface area (Å²) < 4.78 is 19.5. The molecule has 2 unspecified atom stereocenters. The highest BCUT2D eigenvalue weighted by Gasteiger charge is 2.54. The first-order valence-corrected chi connectivity index (χ1v) is 18.4. The summed E-state index contributed by atoms with van der Waals surface area (Å²) in [7, 11) is -0.862. The van der Waals surface area contributed by atoms with Crippen LogP contribution >= 0.6 is 17.2 Å². The van der Waals surface area contributed by atoms with Crippen LogP contribution in [0.1, 0.15) is 31.9 Å². The van der Waals surface area contributed by atoms with Gasteiger partial charge in [0.1, 0.15) is 0 Å². The van der Waals surface area contributed by atoms with E-state index in [0.29, 0.717) is 25.9 Å². The van der Waals surface area contributed by atoms with E-state index in [4.69, 9.17) is 13.3 Å². The van der Waals surface area contributed by atoms with E-state index in [1.807, 2.05) is 20.8 Å². The molecule has 0 spiro atoms. The van der Waals surface area contributed by atoms with E-state index >= 15 is 0 Å². The molecule has 0 N–H and O–H groups in total. The molecule has 3 nitrogen and oxygen atoms in total. The van der Waals surface area contributed by atoms with E-state index in [1.54, 1.807) is 0 Å². The smallest absolute Gasteiger partial charge is 0.374 e. The third kappa shape index (κ3) is 6.66. The average Bonchev–Trinajstić information content (AvgIpc) is 3.01. The van der Waals surface area contributed by atoms with Crippen molar-refractivity contribution in [2.24, 2.45) is 5.92 Å². The lowest BCUT2D eigenvalue weighted by molar-refractivity contribution is 0.0666. The van der Waals surface area contributed by atoms with Crippen molar-refractivity contribution >= 4 is 36.6 Å². The number of benzene rings is 4. The molecule has 0 heterocycles. The van der Waals surface area contributed by atoms with Gasteiger partial charge in [0.05, 0.1) is 5.16 Å². The minimum absolute atomic E-state index is 0.144. The second kappa shape index (κ2) is 15.2. The summed E-state index contributed by atoms with van der Waals surface area (Å²) in [5.41, 5.74) is 2.61. The maximum atomic E-state index is 6.49. The monoisotopic (exact) mass is 588 g/mol. The van der Waals surface area contributed by atoms with E-state index < -0.39 is 16.7 Å². The van der Waals surface area contributed by atoms with Crippen molar-refractivity contribution in [3.8, 4) is 0 Å². The van der Waals surface area contributed by atoms with Gasteiger partial charge < -0.3 is 13.3 Å². The molecule has 0 saturated heterocycles. The molecule has 0 aromatic heterocycles. The van der Waals surface area contributed by atoms with Crippen molar-refractivity contribution in [2.45, 2.75) is 32.0 Å². The van der Waals surface area contributed by atoms with Crippen molar-refractivity contribution in [3.05, 3.63) is 132 Å². The van der Waals surface area contributed by atoms with Crippen LogP contribution < -0.4 is 10.6 Å². The van der Waals surface area contributed by atoms with Crippen molar-refractivity contribution in [1.82, 2.24) is 0 Å². The third-order valence-electron chi connectivity index (χ3n) is 7.27. The summed E-state index contributed by atoms with van der Waals surface area (Å²) in [6.07, 6.45) is 0.865. The van der Waals surface area contributed by atoms with Crippen LogP contribution in [0.3, 0.4) is 0 Å². The zero-order valence-corrected chi connectivity index (χ0v) is 27.0. The van der Waals surface area contributed by atoms with Gasteiger partial charge in [-0.1, -0.05) is 121 Å². The van der Waals surface area contributed by atoms with Crippen LogP contribution in [-0.2, 0) is 18.4 Å². The summed E-state index contributed by atoms with van der Waals surface area (Å²) in [6, 6.07) is 45.0. The van der Waals surface area contributed by atoms with Gasteiger partial charge in [0, 0.05) is 25.9 Å². The standard InChI is InChI=1S/C34H42O3P2Si/c1-4-35-40(36-5-2,37-6-3)28-31(27-38)34(29-19-11-7-12-20-29,30-21-13-8-14-22-30)39(32-23-15-9-16-24-32)33-25-17-10-18-26-33/h7-26,31H,4-6,27-28,38H2,1-3H3. The van der Waals surface area contributed by atoms with E-state index in [-0.39, 0.29) is 11.1 Å². The summed E-state index contributed by atoms with van der Waals surface area (Å²) >= 11 is 0. The third-order valence-corrected chi connectivity index (χ3v) is 14.2. The summed E-state index contributed by atoms with van der Waals surface area (Å²) in [6.45, 7) is 7.80. The Morgan fingerprint density at radius 1 is 0.600 bits per heavy atom. The van der Waals surface area contributed by atoms with Crippen LogP contribution in [0.15, 0.2) is 121 Å². The van der Waals surface area contributed by atoms with Crippen molar-refractivity contribution in [2.75, 3.05) is 26.0 Å². The molecule has 6 heteroatoms. The second-order valence-corrected chi connectivity index (χ2v) is 15.1. The Morgan fingerprint density at radius 2 is 0.950 bits per heavy atom. The van der Waals surface area contributed by atoms with Gasteiger partial charge in [-0.15, -0.1) is 9.24 Å². The Hall–Kier alpha value is -2.16. The number of rotatable bonds is 15. The van der Waals surface area contributed by atoms with E-state index in [0.717, 1.165) is 6.16 Å². The van der Waals surface area contributed by atoms with Crippen molar-refractivity contribution in [1.29, 1.82) is 0 Å². The molecule has 0 fully saturated rings. The van der Waals surface area contributed by atoms with E-state index in [9.17, 15) is 0 Å². The zero-order valence-electron chi connectivity index (χ0n) is 23.9. The first kappa shape index (κ1) is 30.8. The fraction of sp³-hybridized carbons (Fsp3) is 0.294. The number of hydrogen-bond acceptors (Lipinski definition) is 3. The highest BCUT2D eigenvalue weighted by atomic mass is 31.1. The van der Waals surface area contributed by atoms with Crippen LogP contribution in [0.25, 0.3) is 0 Å². The fourth-order valence-corrected chi connectivity index (χ4v) is 13.5. The molecule has 2 atom stereocenters. The minimum atomic E-state index is -3.01. The van der Waals surface area contributed by atoms with Gasteiger partial charge in [0.25, 0.3) is 0 Å². The molecule has 4 aromatic carbocycles. The maximum absolute atomic E-state index is 6.49. The van der Waals surface area contributed by atoms with Gasteiger partial charge in [0.15, 0.2) is 0 Å². The summed E-state index contributed by atoms with van der Waals surface area (Å²) in [4.78, 5) is 0. The van der Waals surface area contributed by atoms with Crippen LogP contribution in [0.2, 0.25) is 6.04 Å². The molecule has 4 aromatic rings. The second-order valence-electron chi connectivity index (χ2n) is 9.62. The number of hydrogen-bond donors (Lipinski definition) is 0. The zero-order chi connectivity index (χ0) is 28.3. The van der Waals surface area contributed by atoms with Crippen molar-refractivity contribution < 1.29 is 13.3 Å². The highest BCUT2D eigenvalue weighted by molar-refractivity contribution is 7.74. The molecule has 0 aliphatic heterocycles. The van der Waals surface area contributed by atoms with Gasteiger partial charge in [-0.25, -0.2) is 0 Å². The normalized spacial score (nSPS) is 12.9. The maximum Gasteiger partial charge on any atom is 0.501 e. The molecule has 0 aliphatic rings. The molecular weight excluding hydrogens is 546 g/mol. The Bertz CT molecular complexity index is 1160. The van der Waals surface area contributed by atoms with E-state index in [2.05, 4.69) is 131 Å². The van der Waals surface area contributed by atoms with Crippen LogP contribution in [0.4, 0.5) is 0 Å². The largest absolute Gasteiger partial charge is 0.501 e. The lowest BCUT2D eigenvalue weighted by Gasteiger charge is -2.49. The van der Waals surface area contributed by atoms with Crippen LogP contribution in [0, 0.1) is 5.92 Å². The lowest BCUT2D eigenvalue weighted by atomic mass is 9.81. The highest BCUT2D eigenvalue weighted by Crippen LogP contribution is 2.64. The Labute approximate surface area is 245 Å². The predicted octanol–water partition coefficient (Wildman–Crippen LogP) is 7.60. The quantitative estimate of drug-likeness (QED) is 0.106. The molecule has 0 saturated carbocycles. The topological polar surface area (TPSA) is 27.7 Å². The molecule has 40 heavy (non-hydrogen) atoms. The van der Waals surface area contributed by atoms with Crippen LogP contribution in [0.5, 0.6) is 0 Å². The Morgan fingerprint density at radius 3 is 1.27 bits per heavy atom. The first-order valence-electron chi connectivity index (χ1n) is 14.3. The van der Waals surface area contributed by atoms with Gasteiger partial charge in [0.2, 0.25) is 0 Å². The molecule has 0 aliphatic carbocycles. The van der Waals surface area contributed by atoms with Crippen molar-refractivity contribution in [3.63, 3.8) is 0 Å².